The lowest BCUT2D eigenvalue weighted by Crippen LogP contribution is -2.35. The number of fused-ring (bicyclic) bond motifs is 1. The van der Waals surface area contributed by atoms with E-state index in [9.17, 15) is 4.79 Å². The molecule has 4 nitrogen and oxygen atoms in total. The largest absolute Gasteiger partial charge is 0.493 e. The van der Waals surface area contributed by atoms with E-state index >= 15 is 0 Å². The molecule has 0 bridgehead atoms. The molecule has 1 unspecified atom stereocenters. The second kappa shape index (κ2) is 6.40. The lowest BCUT2D eigenvalue weighted by molar-refractivity contribution is 0.232. The molecule has 1 atom stereocenters. The standard InChI is InChI=1S/C17H17BrN2O2/c1-11-6-7-12(10-14(11)18)19-17(21)20-15-8-9-22-16-5-3-2-4-13(15)16/h2-7,10,15H,8-9H2,1H3,(H2,19,20,21). The van der Waals surface area contributed by atoms with Crippen LogP contribution >= 0.6 is 15.9 Å². The second-order valence-electron chi connectivity index (χ2n) is 5.29. The molecule has 0 spiro atoms. The first-order chi connectivity index (χ1) is 10.6. The van der Waals surface area contributed by atoms with Gasteiger partial charge in [-0.05, 0) is 30.7 Å². The Morgan fingerprint density at radius 2 is 2.09 bits per heavy atom. The number of urea groups is 1. The van der Waals surface area contributed by atoms with Crippen LogP contribution in [0.5, 0.6) is 5.75 Å². The van der Waals surface area contributed by atoms with Gasteiger partial charge < -0.3 is 15.4 Å². The summed E-state index contributed by atoms with van der Waals surface area (Å²) in [7, 11) is 0. The number of aryl methyl sites for hydroxylation is 1. The van der Waals surface area contributed by atoms with Crippen molar-refractivity contribution in [1.29, 1.82) is 0 Å². The average Bonchev–Trinajstić information content (AvgIpc) is 2.51. The summed E-state index contributed by atoms with van der Waals surface area (Å²) in [5.41, 5.74) is 2.91. The van der Waals surface area contributed by atoms with Crippen molar-refractivity contribution in [2.45, 2.75) is 19.4 Å². The predicted octanol–water partition coefficient (Wildman–Crippen LogP) is 4.40. The topological polar surface area (TPSA) is 50.4 Å². The Hall–Kier alpha value is -2.01. The fourth-order valence-electron chi connectivity index (χ4n) is 2.49. The maximum absolute atomic E-state index is 12.2. The fourth-order valence-corrected chi connectivity index (χ4v) is 2.87. The van der Waals surface area contributed by atoms with Crippen molar-refractivity contribution in [2.75, 3.05) is 11.9 Å². The molecular weight excluding hydrogens is 344 g/mol. The van der Waals surface area contributed by atoms with E-state index < -0.39 is 0 Å². The quantitative estimate of drug-likeness (QED) is 0.833. The van der Waals surface area contributed by atoms with Crippen molar-refractivity contribution in [1.82, 2.24) is 5.32 Å². The van der Waals surface area contributed by atoms with Gasteiger partial charge in [0.05, 0.1) is 12.6 Å². The minimum absolute atomic E-state index is 0.0289. The van der Waals surface area contributed by atoms with Gasteiger partial charge in [-0.15, -0.1) is 0 Å². The number of nitrogens with one attached hydrogen (secondary N) is 2. The van der Waals surface area contributed by atoms with E-state index in [4.69, 9.17) is 4.74 Å². The van der Waals surface area contributed by atoms with Crippen LogP contribution in [0.4, 0.5) is 10.5 Å². The Balaban J connectivity index is 1.69. The van der Waals surface area contributed by atoms with Crippen LogP contribution in [0.1, 0.15) is 23.6 Å². The summed E-state index contributed by atoms with van der Waals surface area (Å²) in [5.74, 6) is 0.845. The van der Waals surface area contributed by atoms with Gasteiger partial charge in [0.1, 0.15) is 5.75 Å². The zero-order valence-corrected chi connectivity index (χ0v) is 13.8. The van der Waals surface area contributed by atoms with Gasteiger partial charge in [-0.3, -0.25) is 0 Å². The molecule has 1 aliphatic rings. The van der Waals surface area contributed by atoms with Crippen molar-refractivity contribution in [3.63, 3.8) is 0 Å². The number of carbonyl (C=O) groups is 1. The van der Waals surface area contributed by atoms with Gasteiger partial charge in [-0.2, -0.15) is 0 Å². The van der Waals surface area contributed by atoms with Gasteiger partial charge in [-0.25, -0.2) is 4.79 Å². The summed E-state index contributed by atoms with van der Waals surface area (Å²) in [6, 6.07) is 13.3. The first-order valence-electron chi connectivity index (χ1n) is 7.19. The number of ether oxygens (including phenoxy) is 1. The molecule has 2 aromatic rings. The van der Waals surface area contributed by atoms with E-state index in [1.165, 1.54) is 0 Å². The minimum Gasteiger partial charge on any atom is -0.493 e. The zero-order valence-electron chi connectivity index (χ0n) is 12.2. The smallest absolute Gasteiger partial charge is 0.319 e. The molecule has 0 saturated carbocycles. The molecule has 0 fully saturated rings. The van der Waals surface area contributed by atoms with Crippen LogP contribution in [0.25, 0.3) is 0 Å². The Morgan fingerprint density at radius 3 is 2.91 bits per heavy atom. The zero-order chi connectivity index (χ0) is 15.5. The summed E-state index contributed by atoms with van der Waals surface area (Å²) >= 11 is 3.47. The number of amides is 2. The van der Waals surface area contributed by atoms with E-state index in [1.807, 2.05) is 49.4 Å². The highest BCUT2D eigenvalue weighted by molar-refractivity contribution is 9.10. The van der Waals surface area contributed by atoms with E-state index in [0.29, 0.717) is 6.61 Å². The lowest BCUT2D eigenvalue weighted by atomic mass is 10.0. The van der Waals surface area contributed by atoms with Crippen molar-refractivity contribution in [2.24, 2.45) is 0 Å². The summed E-state index contributed by atoms with van der Waals surface area (Å²) in [6.07, 6.45) is 0.766. The molecule has 0 saturated heterocycles. The molecule has 2 amide bonds. The summed E-state index contributed by atoms with van der Waals surface area (Å²) in [6.45, 7) is 2.62. The minimum atomic E-state index is -0.211. The SMILES string of the molecule is Cc1ccc(NC(=O)NC2CCOc3ccccc32)cc1Br. The van der Waals surface area contributed by atoms with Crippen LogP contribution in [-0.2, 0) is 0 Å². The Bertz CT molecular complexity index is 703. The molecule has 22 heavy (non-hydrogen) atoms. The molecular formula is C17H17BrN2O2. The molecule has 3 rings (SSSR count). The van der Waals surface area contributed by atoms with Crippen molar-refractivity contribution < 1.29 is 9.53 Å². The molecule has 2 aromatic carbocycles. The second-order valence-corrected chi connectivity index (χ2v) is 6.14. The highest BCUT2D eigenvalue weighted by atomic mass is 79.9. The number of halogens is 1. The number of benzene rings is 2. The third kappa shape index (κ3) is 3.25. The molecule has 114 valence electrons. The number of anilines is 1. The van der Waals surface area contributed by atoms with Crippen LogP contribution in [0, 0.1) is 6.92 Å². The normalized spacial score (nSPS) is 16.4. The van der Waals surface area contributed by atoms with E-state index in [0.717, 1.165) is 33.5 Å². The number of para-hydroxylation sites is 1. The monoisotopic (exact) mass is 360 g/mol. The van der Waals surface area contributed by atoms with Gasteiger partial charge in [-0.1, -0.05) is 40.2 Å². The average molecular weight is 361 g/mol. The summed E-state index contributed by atoms with van der Waals surface area (Å²) in [4.78, 5) is 12.2. The molecule has 0 radical (unpaired) electrons. The Morgan fingerprint density at radius 1 is 1.27 bits per heavy atom. The molecule has 0 aromatic heterocycles. The highest BCUT2D eigenvalue weighted by Crippen LogP contribution is 2.31. The molecule has 2 N–H and O–H groups in total. The van der Waals surface area contributed by atoms with Gasteiger partial charge in [0.15, 0.2) is 0 Å². The van der Waals surface area contributed by atoms with Crippen LogP contribution in [0.3, 0.4) is 0 Å². The summed E-state index contributed by atoms with van der Waals surface area (Å²) in [5, 5.41) is 5.88. The number of carbonyl (C=O) groups excluding carboxylic acids is 1. The molecule has 0 aliphatic carbocycles. The van der Waals surface area contributed by atoms with E-state index in [1.54, 1.807) is 0 Å². The van der Waals surface area contributed by atoms with Crippen LogP contribution in [-0.4, -0.2) is 12.6 Å². The van der Waals surface area contributed by atoms with Crippen LogP contribution in [0.2, 0.25) is 0 Å². The first kappa shape index (κ1) is 14.9. The molecule has 1 heterocycles. The van der Waals surface area contributed by atoms with Gasteiger partial charge >= 0.3 is 6.03 Å². The van der Waals surface area contributed by atoms with Crippen LogP contribution < -0.4 is 15.4 Å². The maximum Gasteiger partial charge on any atom is 0.319 e. The van der Waals surface area contributed by atoms with E-state index in [2.05, 4.69) is 26.6 Å². The Kier molecular flexibility index (Phi) is 4.34. The fraction of sp³-hybridized carbons (Fsp3) is 0.235. The third-order valence-corrected chi connectivity index (χ3v) is 4.55. The van der Waals surface area contributed by atoms with E-state index in [-0.39, 0.29) is 12.1 Å². The van der Waals surface area contributed by atoms with Gasteiger partial charge in [0.2, 0.25) is 0 Å². The molecule has 1 aliphatic heterocycles. The van der Waals surface area contributed by atoms with Crippen molar-refractivity contribution >= 4 is 27.6 Å². The van der Waals surface area contributed by atoms with Crippen molar-refractivity contribution in [3.8, 4) is 5.75 Å². The number of rotatable bonds is 2. The Labute approximate surface area is 138 Å². The van der Waals surface area contributed by atoms with Gasteiger partial charge in [0, 0.05) is 22.1 Å². The van der Waals surface area contributed by atoms with Gasteiger partial charge in [0.25, 0.3) is 0 Å². The van der Waals surface area contributed by atoms with Crippen LogP contribution in [0.15, 0.2) is 46.9 Å². The highest BCUT2D eigenvalue weighted by Gasteiger charge is 2.22. The predicted molar refractivity (Wildman–Crippen MR) is 90.3 cm³/mol. The summed E-state index contributed by atoms with van der Waals surface area (Å²) < 4.78 is 6.58. The first-order valence-corrected chi connectivity index (χ1v) is 7.98. The lowest BCUT2D eigenvalue weighted by Gasteiger charge is -2.26. The maximum atomic E-state index is 12.2. The number of hydrogen-bond donors (Lipinski definition) is 2. The van der Waals surface area contributed by atoms with Crippen molar-refractivity contribution in [3.05, 3.63) is 58.1 Å². The molecule has 5 heteroatoms. The number of hydrogen-bond acceptors (Lipinski definition) is 2. The third-order valence-electron chi connectivity index (χ3n) is 3.69.